The van der Waals surface area contributed by atoms with Crippen LogP contribution in [0.1, 0.15) is 57.7 Å². The van der Waals surface area contributed by atoms with E-state index in [1.54, 1.807) is 0 Å². The fraction of sp³-hybridized carbons (Fsp3) is 0.333. The topological polar surface area (TPSA) is 0 Å². The minimum atomic E-state index is 1.10. The Hall–Kier alpha value is -1.82. The standard InChI is InChI=1S/C19H22.C2H6/c1-5-7-18-16(12-14(3)6-2)9-10-17-13-15(4)8-11-19(17)18;1-2/h5,7-13H,6H2,1-4H3;1-2H3/b7-5-,14-12-;. The van der Waals surface area contributed by atoms with E-state index in [1.807, 2.05) is 13.8 Å². The Bertz CT molecular complexity index is 642. The molecular formula is C21H28. The van der Waals surface area contributed by atoms with E-state index in [-0.39, 0.29) is 0 Å². The SMILES string of the molecule is C/C=C\c1c(/C=C(/C)CC)ccc2cc(C)ccc12.CC. The van der Waals surface area contributed by atoms with Crippen molar-refractivity contribution in [3.63, 3.8) is 0 Å². The smallest absolute Gasteiger partial charge is 0.0105 e. The molecule has 0 N–H and O–H groups in total. The zero-order chi connectivity index (χ0) is 15.8. The van der Waals surface area contributed by atoms with Crippen LogP contribution >= 0.6 is 0 Å². The van der Waals surface area contributed by atoms with Gasteiger partial charge < -0.3 is 0 Å². The van der Waals surface area contributed by atoms with Crippen LogP contribution in [0.25, 0.3) is 22.9 Å². The molecule has 0 bridgehead atoms. The molecule has 2 aromatic rings. The molecule has 0 nitrogen and oxygen atoms in total. The molecule has 0 radical (unpaired) electrons. The number of benzene rings is 2. The molecule has 0 aliphatic rings. The second kappa shape index (κ2) is 8.46. The maximum Gasteiger partial charge on any atom is -0.0105 e. The largest absolute Gasteiger partial charge is 0.0870 e. The Morgan fingerprint density at radius 2 is 1.81 bits per heavy atom. The third-order valence-electron chi connectivity index (χ3n) is 3.54. The fourth-order valence-electron chi connectivity index (χ4n) is 2.34. The van der Waals surface area contributed by atoms with Crippen LogP contribution in [0.5, 0.6) is 0 Å². The normalized spacial score (nSPS) is 11.6. The molecule has 2 aromatic carbocycles. The first kappa shape index (κ1) is 17.2. The average Bonchev–Trinajstić information content (AvgIpc) is 2.51. The van der Waals surface area contributed by atoms with Crippen molar-refractivity contribution in [2.75, 3.05) is 0 Å². The van der Waals surface area contributed by atoms with Crippen molar-refractivity contribution in [3.8, 4) is 0 Å². The van der Waals surface area contributed by atoms with Gasteiger partial charge >= 0.3 is 0 Å². The highest BCUT2D eigenvalue weighted by molar-refractivity contribution is 5.94. The van der Waals surface area contributed by atoms with E-state index < -0.39 is 0 Å². The van der Waals surface area contributed by atoms with Crippen LogP contribution in [-0.4, -0.2) is 0 Å². The van der Waals surface area contributed by atoms with Crippen molar-refractivity contribution in [2.24, 2.45) is 0 Å². The molecule has 0 unspecified atom stereocenters. The van der Waals surface area contributed by atoms with Crippen LogP contribution in [0.4, 0.5) is 0 Å². The van der Waals surface area contributed by atoms with Gasteiger partial charge in [0.2, 0.25) is 0 Å². The Balaban J connectivity index is 0.00000106. The summed E-state index contributed by atoms with van der Waals surface area (Å²) in [6.45, 7) is 12.6. The quantitative estimate of drug-likeness (QED) is 0.566. The highest BCUT2D eigenvalue weighted by Gasteiger charge is 2.04. The van der Waals surface area contributed by atoms with Gasteiger partial charge in [0.25, 0.3) is 0 Å². The van der Waals surface area contributed by atoms with Crippen molar-refractivity contribution in [3.05, 3.63) is 58.7 Å². The van der Waals surface area contributed by atoms with Gasteiger partial charge in [-0.15, -0.1) is 0 Å². The first-order chi connectivity index (χ1) is 10.2. The van der Waals surface area contributed by atoms with Crippen LogP contribution in [0.15, 0.2) is 42.0 Å². The van der Waals surface area contributed by atoms with E-state index in [0.29, 0.717) is 0 Å². The van der Waals surface area contributed by atoms with Crippen molar-refractivity contribution in [2.45, 2.75) is 48.0 Å². The minimum Gasteiger partial charge on any atom is -0.0870 e. The summed E-state index contributed by atoms with van der Waals surface area (Å²) in [7, 11) is 0. The summed E-state index contributed by atoms with van der Waals surface area (Å²) in [4.78, 5) is 0. The van der Waals surface area contributed by atoms with Gasteiger partial charge in [-0.05, 0) is 49.1 Å². The molecular weight excluding hydrogens is 252 g/mol. The van der Waals surface area contributed by atoms with Gasteiger partial charge in [0.1, 0.15) is 0 Å². The molecule has 0 aliphatic carbocycles. The number of hydrogen-bond acceptors (Lipinski definition) is 0. The van der Waals surface area contributed by atoms with Crippen LogP contribution in [-0.2, 0) is 0 Å². The lowest BCUT2D eigenvalue weighted by Crippen LogP contribution is -1.86. The zero-order valence-corrected chi connectivity index (χ0v) is 14.3. The van der Waals surface area contributed by atoms with Gasteiger partial charge in [-0.1, -0.05) is 80.5 Å². The number of hydrogen-bond donors (Lipinski definition) is 0. The van der Waals surface area contributed by atoms with E-state index in [4.69, 9.17) is 0 Å². The van der Waals surface area contributed by atoms with E-state index in [2.05, 4.69) is 76.3 Å². The highest BCUT2D eigenvalue weighted by atomic mass is 14.1. The zero-order valence-electron chi connectivity index (χ0n) is 14.3. The second-order valence-corrected chi connectivity index (χ2v) is 5.14. The number of rotatable bonds is 3. The number of fused-ring (bicyclic) bond motifs is 1. The van der Waals surface area contributed by atoms with Crippen LogP contribution in [0.2, 0.25) is 0 Å². The van der Waals surface area contributed by atoms with E-state index >= 15 is 0 Å². The molecule has 2 rings (SSSR count). The first-order valence-corrected chi connectivity index (χ1v) is 7.99. The van der Waals surface area contributed by atoms with Gasteiger partial charge in [-0.25, -0.2) is 0 Å². The maximum atomic E-state index is 2.30. The molecule has 0 saturated heterocycles. The molecule has 0 amide bonds. The highest BCUT2D eigenvalue weighted by Crippen LogP contribution is 2.27. The van der Waals surface area contributed by atoms with Crippen molar-refractivity contribution < 1.29 is 0 Å². The Morgan fingerprint density at radius 1 is 1.10 bits per heavy atom. The number of allylic oxidation sites excluding steroid dienone is 2. The molecule has 0 heteroatoms. The van der Waals surface area contributed by atoms with Crippen LogP contribution < -0.4 is 0 Å². The van der Waals surface area contributed by atoms with Gasteiger partial charge in [-0.2, -0.15) is 0 Å². The van der Waals surface area contributed by atoms with E-state index in [0.717, 1.165) is 6.42 Å². The molecule has 0 spiro atoms. The Morgan fingerprint density at radius 3 is 2.43 bits per heavy atom. The molecule has 0 aromatic heterocycles. The third kappa shape index (κ3) is 4.32. The average molecular weight is 280 g/mol. The molecule has 0 saturated carbocycles. The molecule has 21 heavy (non-hydrogen) atoms. The Kier molecular flexibility index (Phi) is 6.94. The molecule has 0 atom stereocenters. The van der Waals surface area contributed by atoms with Gasteiger partial charge in [0.05, 0.1) is 0 Å². The first-order valence-electron chi connectivity index (χ1n) is 7.99. The summed E-state index contributed by atoms with van der Waals surface area (Å²) in [5.41, 5.74) is 5.37. The second-order valence-electron chi connectivity index (χ2n) is 5.14. The lowest BCUT2D eigenvalue weighted by Gasteiger charge is -2.09. The summed E-state index contributed by atoms with van der Waals surface area (Å²) in [5.74, 6) is 0. The summed E-state index contributed by atoms with van der Waals surface area (Å²) in [6, 6.07) is 11.1. The van der Waals surface area contributed by atoms with Gasteiger partial charge in [0.15, 0.2) is 0 Å². The maximum absolute atomic E-state index is 2.30. The van der Waals surface area contributed by atoms with Crippen molar-refractivity contribution in [1.29, 1.82) is 0 Å². The predicted octanol–water partition coefficient (Wildman–Crippen LogP) is 7.02. The van der Waals surface area contributed by atoms with Crippen molar-refractivity contribution >= 4 is 22.9 Å². The van der Waals surface area contributed by atoms with E-state index in [9.17, 15) is 0 Å². The van der Waals surface area contributed by atoms with Crippen LogP contribution in [0, 0.1) is 6.92 Å². The molecule has 112 valence electrons. The number of aryl methyl sites for hydroxylation is 1. The summed E-state index contributed by atoms with van der Waals surface area (Å²) < 4.78 is 0. The Labute approximate surface area is 130 Å². The summed E-state index contributed by atoms with van der Waals surface area (Å²) in [5, 5.41) is 2.65. The van der Waals surface area contributed by atoms with Gasteiger partial charge in [-0.3, -0.25) is 0 Å². The van der Waals surface area contributed by atoms with E-state index in [1.165, 1.54) is 33.0 Å². The molecule has 0 aliphatic heterocycles. The van der Waals surface area contributed by atoms with Gasteiger partial charge in [0, 0.05) is 0 Å². The lowest BCUT2D eigenvalue weighted by molar-refractivity contribution is 1.11. The van der Waals surface area contributed by atoms with Crippen molar-refractivity contribution in [1.82, 2.24) is 0 Å². The predicted molar refractivity (Wildman–Crippen MR) is 98.7 cm³/mol. The monoisotopic (exact) mass is 280 g/mol. The molecule has 0 fully saturated rings. The third-order valence-corrected chi connectivity index (χ3v) is 3.54. The minimum absolute atomic E-state index is 1.10. The summed E-state index contributed by atoms with van der Waals surface area (Å²) >= 11 is 0. The molecule has 0 heterocycles. The summed E-state index contributed by atoms with van der Waals surface area (Å²) in [6.07, 6.45) is 7.73. The van der Waals surface area contributed by atoms with Crippen LogP contribution in [0.3, 0.4) is 0 Å². The lowest BCUT2D eigenvalue weighted by atomic mass is 9.96. The fourth-order valence-corrected chi connectivity index (χ4v) is 2.34.